The van der Waals surface area contributed by atoms with Gasteiger partial charge in [0.15, 0.2) is 5.16 Å². The molecule has 1 aliphatic rings. The predicted octanol–water partition coefficient (Wildman–Crippen LogP) is 4.78. The molecule has 1 saturated heterocycles. The number of nitrogens with zero attached hydrogens (tertiary/aromatic N) is 3. The maximum atomic E-state index is 13.7. The zero-order chi connectivity index (χ0) is 21.6. The van der Waals surface area contributed by atoms with E-state index in [2.05, 4.69) is 0 Å². The van der Waals surface area contributed by atoms with E-state index in [0.717, 1.165) is 58.0 Å². The topological polar surface area (TPSA) is 55.2 Å². The van der Waals surface area contributed by atoms with E-state index in [1.807, 2.05) is 57.7 Å². The van der Waals surface area contributed by atoms with Gasteiger partial charge < -0.3 is 4.90 Å². The zero-order valence-electron chi connectivity index (χ0n) is 18.1. The minimum Gasteiger partial charge on any atom is -0.342 e. The first-order chi connectivity index (χ1) is 14.3. The summed E-state index contributed by atoms with van der Waals surface area (Å²) < 4.78 is 1.71. The summed E-state index contributed by atoms with van der Waals surface area (Å²) in [7, 11) is 0. The smallest absolute Gasteiger partial charge is 0.267 e. The first-order valence-electron chi connectivity index (χ1n) is 10.3. The number of likely N-dealkylation sites (tertiary alicyclic amines) is 1. The summed E-state index contributed by atoms with van der Waals surface area (Å²) in [5, 5.41) is 0.967. The van der Waals surface area contributed by atoms with Crippen molar-refractivity contribution in [3.8, 4) is 5.69 Å². The quantitative estimate of drug-likeness (QED) is 0.432. The number of fused-ring (bicyclic) bond motifs is 1. The van der Waals surface area contributed by atoms with Gasteiger partial charge in [-0.25, -0.2) is 4.98 Å². The number of hydrogen-bond acceptors (Lipinski definition) is 5. The van der Waals surface area contributed by atoms with Gasteiger partial charge in [0.05, 0.1) is 16.3 Å². The van der Waals surface area contributed by atoms with E-state index in [-0.39, 0.29) is 16.7 Å². The Labute approximate surface area is 185 Å². The van der Waals surface area contributed by atoms with Crippen LogP contribution in [0.5, 0.6) is 0 Å². The molecule has 0 bridgehead atoms. The second-order valence-corrected chi connectivity index (χ2v) is 10.5. The van der Waals surface area contributed by atoms with E-state index in [4.69, 9.17) is 4.98 Å². The number of carbonyl (C=O) groups is 1. The molecule has 1 aromatic carbocycles. The van der Waals surface area contributed by atoms with Crippen molar-refractivity contribution in [2.45, 2.75) is 57.9 Å². The van der Waals surface area contributed by atoms with Crippen LogP contribution >= 0.6 is 23.1 Å². The summed E-state index contributed by atoms with van der Waals surface area (Å²) in [4.78, 5) is 35.3. The summed E-state index contributed by atoms with van der Waals surface area (Å²) in [5.41, 5.74) is 3.93. The van der Waals surface area contributed by atoms with Gasteiger partial charge in [-0.1, -0.05) is 23.9 Å². The number of hydrogen-bond donors (Lipinski definition) is 0. The van der Waals surface area contributed by atoms with E-state index in [0.29, 0.717) is 10.5 Å². The molecular weight excluding hydrogens is 414 g/mol. The summed E-state index contributed by atoms with van der Waals surface area (Å²) in [6, 6.07) is 5.97. The molecule has 2 aromatic heterocycles. The Kier molecular flexibility index (Phi) is 5.77. The molecule has 3 aromatic rings. The molecule has 1 fully saturated rings. The number of rotatable bonds is 4. The van der Waals surface area contributed by atoms with Gasteiger partial charge in [-0.2, -0.15) is 0 Å². The van der Waals surface area contributed by atoms with Gasteiger partial charge in [0, 0.05) is 18.0 Å². The Morgan fingerprint density at radius 1 is 1.13 bits per heavy atom. The number of benzene rings is 1. The third-order valence-corrected chi connectivity index (χ3v) is 8.18. The highest BCUT2D eigenvalue weighted by Crippen LogP contribution is 2.32. The highest BCUT2D eigenvalue weighted by molar-refractivity contribution is 8.00. The number of carbonyl (C=O) groups excluding carboxylic acids is 1. The zero-order valence-corrected chi connectivity index (χ0v) is 19.7. The van der Waals surface area contributed by atoms with E-state index in [1.165, 1.54) is 11.8 Å². The van der Waals surface area contributed by atoms with Crippen molar-refractivity contribution in [3.05, 3.63) is 50.1 Å². The van der Waals surface area contributed by atoms with Gasteiger partial charge in [-0.3, -0.25) is 14.2 Å². The molecule has 0 N–H and O–H groups in total. The third-order valence-electron chi connectivity index (χ3n) is 6.04. The molecular formula is C23H27N3O2S2. The molecule has 0 spiro atoms. The highest BCUT2D eigenvalue weighted by Gasteiger charge is 2.27. The first-order valence-corrected chi connectivity index (χ1v) is 12.0. The average molecular weight is 442 g/mol. The minimum absolute atomic E-state index is 0.0566. The Bertz CT molecular complexity index is 1190. The van der Waals surface area contributed by atoms with Crippen LogP contribution in [0.4, 0.5) is 0 Å². The Morgan fingerprint density at radius 3 is 2.53 bits per heavy atom. The van der Waals surface area contributed by atoms with E-state index < -0.39 is 0 Å². The number of thioether (sulfide) groups is 1. The molecule has 5 nitrogen and oxygen atoms in total. The molecule has 0 aliphatic carbocycles. The number of thiophene rings is 1. The lowest BCUT2D eigenvalue weighted by Gasteiger charge is -2.21. The van der Waals surface area contributed by atoms with Crippen molar-refractivity contribution in [3.63, 3.8) is 0 Å². The molecule has 4 rings (SSSR count). The molecule has 3 heterocycles. The van der Waals surface area contributed by atoms with Gasteiger partial charge in [0.1, 0.15) is 4.83 Å². The van der Waals surface area contributed by atoms with E-state index >= 15 is 0 Å². The summed E-state index contributed by atoms with van der Waals surface area (Å²) in [6.45, 7) is 11.6. The highest BCUT2D eigenvalue weighted by atomic mass is 32.2. The van der Waals surface area contributed by atoms with Gasteiger partial charge in [0.2, 0.25) is 5.91 Å². The number of aryl methyl sites for hydroxylation is 3. The van der Waals surface area contributed by atoms with Crippen LogP contribution in [0.3, 0.4) is 0 Å². The molecule has 1 aliphatic heterocycles. The second kappa shape index (κ2) is 8.19. The number of amides is 1. The second-order valence-electron chi connectivity index (χ2n) is 8.01. The normalized spacial score (nSPS) is 15.2. The molecule has 30 heavy (non-hydrogen) atoms. The standard InChI is InChI=1S/C23H27N3O2S2/c1-13-9-8-10-18(14(13)2)26-22(28)19-15(3)16(4)29-20(19)24-23(26)30-17(5)21(27)25-11-6-7-12-25/h8-10,17H,6-7,11-12H2,1-5H3. The fourth-order valence-electron chi connectivity index (χ4n) is 3.95. The average Bonchev–Trinajstić information content (AvgIpc) is 3.33. The lowest BCUT2D eigenvalue weighted by Crippen LogP contribution is -2.34. The maximum absolute atomic E-state index is 13.7. The van der Waals surface area contributed by atoms with Crippen molar-refractivity contribution in [1.82, 2.24) is 14.5 Å². The van der Waals surface area contributed by atoms with Crippen LogP contribution in [0.2, 0.25) is 0 Å². The third kappa shape index (κ3) is 3.58. The molecule has 1 atom stereocenters. The van der Waals surface area contributed by atoms with Crippen LogP contribution in [0, 0.1) is 27.7 Å². The fourth-order valence-corrected chi connectivity index (χ4v) is 6.02. The molecule has 0 saturated carbocycles. The van der Waals surface area contributed by atoms with Crippen LogP contribution in [-0.2, 0) is 4.79 Å². The van der Waals surface area contributed by atoms with Crippen LogP contribution in [0.15, 0.2) is 28.2 Å². The Morgan fingerprint density at radius 2 is 1.83 bits per heavy atom. The predicted molar refractivity (Wildman–Crippen MR) is 125 cm³/mol. The van der Waals surface area contributed by atoms with Crippen molar-refractivity contribution in [2.75, 3.05) is 13.1 Å². The van der Waals surface area contributed by atoms with Crippen molar-refractivity contribution in [1.29, 1.82) is 0 Å². The fraction of sp³-hybridized carbons (Fsp3) is 0.435. The Balaban J connectivity index is 1.88. The molecule has 0 radical (unpaired) electrons. The van der Waals surface area contributed by atoms with Gasteiger partial charge in [-0.15, -0.1) is 11.3 Å². The lowest BCUT2D eigenvalue weighted by atomic mass is 10.1. The summed E-state index contributed by atoms with van der Waals surface area (Å²) in [6.07, 6.45) is 2.13. The largest absolute Gasteiger partial charge is 0.342 e. The maximum Gasteiger partial charge on any atom is 0.267 e. The van der Waals surface area contributed by atoms with Crippen molar-refractivity contribution in [2.24, 2.45) is 0 Å². The lowest BCUT2D eigenvalue weighted by molar-refractivity contribution is -0.129. The van der Waals surface area contributed by atoms with Crippen LogP contribution < -0.4 is 5.56 Å². The molecule has 7 heteroatoms. The van der Waals surface area contributed by atoms with E-state index in [1.54, 1.807) is 15.9 Å². The molecule has 1 amide bonds. The van der Waals surface area contributed by atoms with Gasteiger partial charge in [-0.05, 0) is 70.2 Å². The molecule has 158 valence electrons. The SMILES string of the molecule is Cc1cccc(-n2c(SC(C)C(=O)N3CCCC3)nc3sc(C)c(C)c3c2=O)c1C. The first kappa shape index (κ1) is 21.1. The minimum atomic E-state index is -0.300. The monoisotopic (exact) mass is 441 g/mol. The van der Waals surface area contributed by atoms with Crippen LogP contribution in [0.25, 0.3) is 15.9 Å². The van der Waals surface area contributed by atoms with Crippen LogP contribution in [-0.4, -0.2) is 38.7 Å². The van der Waals surface area contributed by atoms with Gasteiger partial charge >= 0.3 is 0 Å². The summed E-state index contributed by atoms with van der Waals surface area (Å²) in [5.74, 6) is 0.123. The van der Waals surface area contributed by atoms with E-state index in [9.17, 15) is 9.59 Å². The summed E-state index contributed by atoms with van der Waals surface area (Å²) >= 11 is 2.93. The van der Waals surface area contributed by atoms with Crippen molar-refractivity contribution < 1.29 is 4.79 Å². The van der Waals surface area contributed by atoms with Gasteiger partial charge in [0.25, 0.3) is 5.56 Å². The van der Waals surface area contributed by atoms with Crippen molar-refractivity contribution >= 4 is 39.2 Å². The van der Waals surface area contributed by atoms with Crippen LogP contribution in [0.1, 0.15) is 41.3 Å². The Hall–Kier alpha value is -2.12. The molecule has 1 unspecified atom stereocenters. The number of aromatic nitrogens is 2.